The highest BCUT2D eigenvalue weighted by Crippen LogP contribution is 2.31. The van der Waals surface area contributed by atoms with Crippen molar-refractivity contribution in [3.05, 3.63) is 83.7 Å². The zero-order valence-electron chi connectivity index (χ0n) is 28.4. The first-order valence-corrected chi connectivity index (χ1v) is 16.5. The quantitative estimate of drug-likeness (QED) is 0.243. The number of carbonyl (C=O) groups excluding carboxylic acids is 2. The van der Waals surface area contributed by atoms with E-state index in [4.69, 9.17) is 9.47 Å². The summed E-state index contributed by atoms with van der Waals surface area (Å²) in [6, 6.07) is 11.5. The van der Waals surface area contributed by atoms with Gasteiger partial charge in [0.05, 0.1) is 36.0 Å². The number of aliphatic hydroxyl groups excluding tert-OH is 1. The number of ether oxygens (including phenoxy) is 2. The van der Waals surface area contributed by atoms with E-state index >= 15 is 0 Å². The van der Waals surface area contributed by atoms with Crippen LogP contribution in [-0.4, -0.2) is 83.4 Å². The zero-order valence-corrected chi connectivity index (χ0v) is 28.4. The van der Waals surface area contributed by atoms with Crippen molar-refractivity contribution in [1.29, 1.82) is 0 Å². The molecule has 0 fully saturated rings. The van der Waals surface area contributed by atoms with Crippen molar-refractivity contribution in [2.75, 3.05) is 44.0 Å². The van der Waals surface area contributed by atoms with Crippen molar-refractivity contribution < 1.29 is 37.3 Å². The Hall–Kier alpha value is -4.20. The lowest BCUT2D eigenvalue weighted by Crippen LogP contribution is -2.47. The molecule has 1 aliphatic rings. The van der Waals surface area contributed by atoms with Gasteiger partial charge in [-0.05, 0) is 100 Å². The van der Waals surface area contributed by atoms with Gasteiger partial charge in [0, 0.05) is 55.9 Å². The van der Waals surface area contributed by atoms with Gasteiger partial charge in [-0.25, -0.2) is 4.79 Å². The first kappa shape index (κ1) is 37.6. The van der Waals surface area contributed by atoms with Crippen LogP contribution in [0.5, 0.6) is 5.75 Å². The molecule has 4 rings (SSSR count). The van der Waals surface area contributed by atoms with Gasteiger partial charge in [0.1, 0.15) is 5.75 Å². The zero-order chi connectivity index (χ0) is 35.6. The fraction of sp³-hybridized carbons (Fsp3) is 0.472. The predicted octanol–water partition coefficient (Wildman–Crippen LogP) is 6.67. The van der Waals surface area contributed by atoms with Crippen molar-refractivity contribution in [1.82, 2.24) is 14.8 Å². The van der Waals surface area contributed by atoms with Crippen molar-refractivity contribution in [2.45, 2.75) is 71.0 Å². The number of aromatic nitrogens is 1. The molecule has 3 N–H and O–H groups in total. The van der Waals surface area contributed by atoms with Crippen molar-refractivity contribution >= 4 is 23.3 Å². The Kier molecular flexibility index (Phi) is 13.4. The SMILES string of the molecule is C[C@@H]1CCCCO[C@@H](CN(C)Cc2ccncc2)[C@H](C)CN([C@@H](C)CO)C(=O)c2cc(NC(=O)Nc3ccc(C(F)(F)F)cc3)ccc2O1. The van der Waals surface area contributed by atoms with Gasteiger partial charge in [0.25, 0.3) is 5.91 Å². The minimum atomic E-state index is -4.49. The Morgan fingerprint density at radius 1 is 1.06 bits per heavy atom. The van der Waals surface area contributed by atoms with E-state index in [9.17, 15) is 27.9 Å². The number of nitrogens with zero attached hydrogens (tertiary/aromatic N) is 3. The minimum Gasteiger partial charge on any atom is -0.490 e. The molecular weight excluding hydrogens is 639 g/mol. The van der Waals surface area contributed by atoms with Crippen LogP contribution in [0.1, 0.15) is 61.5 Å². The molecule has 0 saturated heterocycles. The predicted molar refractivity (Wildman–Crippen MR) is 182 cm³/mol. The maximum Gasteiger partial charge on any atom is 0.416 e. The molecule has 10 nitrogen and oxygen atoms in total. The number of hydrogen-bond acceptors (Lipinski definition) is 7. The molecule has 0 radical (unpaired) electrons. The molecule has 49 heavy (non-hydrogen) atoms. The number of alkyl halides is 3. The Morgan fingerprint density at radius 3 is 2.41 bits per heavy atom. The van der Waals surface area contributed by atoms with E-state index in [-0.39, 0.29) is 54.1 Å². The van der Waals surface area contributed by atoms with Gasteiger partial charge in [-0.2, -0.15) is 13.2 Å². The number of anilines is 2. The molecule has 0 saturated carbocycles. The smallest absolute Gasteiger partial charge is 0.416 e. The number of hydrogen-bond donors (Lipinski definition) is 3. The average molecular weight is 686 g/mol. The second-order valence-corrected chi connectivity index (χ2v) is 12.7. The van der Waals surface area contributed by atoms with E-state index in [1.165, 1.54) is 6.07 Å². The van der Waals surface area contributed by atoms with Crippen LogP contribution in [0, 0.1) is 5.92 Å². The maximum atomic E-state index is 14.3. The Bertz CT molecular complexity index is 1510. The molecule has 0 aliphatic carbocycles. The molecule has 0 unspecified atom stereocenters. The van der Waals surface area contributed by atoms with Crippen LogP contribution >= 0.6 is 0 Å². The second kappa shape index (κ2) is 17.5. The number of urea groups is 1. The number of aliphatic hydroxyl groups is 1. The van der Waals surface area contributed by atoms with E-state index < -0.39 is 23.8 Å². The van der Waals surface area contributed by atoms with E-state index in [1.807, 2.05) is 33.0 Å². The number of halogens is 3. The third-order valence-electron chi connectivity index (χ3n) is 8.47. The molecule has 1 aromatic heterocycles. The van der Waals surface area contributed by atoms with Gasteiger partial charge >= 0.3 is 12.2 Å². The topological polar surface area (TPSA) is 116 Å². The first-order valence-electron chi connectivity index (χ1n) is 16.5. The molecule has 0 spiro atoms. The summed E-state index contributed by atoms with van der Waals surface area (Å²) < 4.78 is 51.5. The van der Waals surface area contributed by atoms with Crippen LogP contribution in [0.15, 0.2) is 67.0 Å². The van der Waals surface area contributed by atoms with E-state index in [0.29, 0.717) is 25.4 Å². The van der Waals surface area contributed by atoms with E-state index in [1.54, 1.807) is 36.4 Å². The number of nitrogens with one attached hydrogen (secondary N) is 2. The van der Waals surface area contributed by atoms with Crippen LogP contribution in [-0.2, 0) is 17.5 Å². The Balaban J connectivity index is 1.57. The molecule has 13 heteroatoms. The van der Waals surface area contributed by atoms with Crippen molar-refractivity contribution in [3.8, 4) is 5.75 Å². The monoisotopic (exact) mass is 685 g/mol. The molecule has 2 aromatic carbocycles. The van der Waals surface area contributed by atoms with E-state index in [0.717, 1.165) is 49.1 Å². The van der Waals surface area contributed by atoms with Crippen LogP contribution in [0.3, 0.4) is 0 Å². The summed E-state index contributed by atoms with van der Waals surface area (Å²) in [6.07, 6.45) is 1.03. The lowest BCUT2D eigenvalue weighted by atomic mass is 10.0. The van der Waals surface area contributed by atoms with Crippen LogP contribution < -0.4 is 15.4 Å². The summed E-state index contributed by atoms with van der Waals surface area (Å²) in [5, 5.41) is 15.4. The number of benzene rings is 2. The normalized spacial score (nSPS) is 20.1. The number of carbonyl (C=O) groups is 2. The van der Waals surface area contributed by atoms with Crippen LogP contribution in [0.2, 0.25) is 0 Å². The molecule has 4 atom stereocenters. The third kappa shape index (κ3) is 11.2. The number of pyridine rings is 1. The number of fused-ring (bicyclic) bond motifs is 1. The number of likely N-dealkylation sites (N-methyl/N-ethyl adjacent to an activating group) is 1. The van der Waals surface area contributed by atoms with Gasteiger partial charge in [0.2, 0.25) is 0 Å². The number of rotatable bonds is 8. The highest BCUT2D eigenvalue weighted by molar-refractivity contribution is 6.02. The van der Waals surface area contributed by atoms with Crippen molar-refractivity contribution in [2.24, 2.45) is 5.92 Å². The summed E-state index contributed by atoms with van der Waals surface area (Å²) in [5.41, 5.74) is 0.939. The van der Waals surface area contributed by atoms with Gasteiger partial charge in [-0.3, -0.25) is 14.7 Å². The highest BCUT2D eigenvalue weighted by atomic mass is 19.4. The molecule has 1 aliphatic heterocycles. The second-order valence-electron chi connectivity index (χ2n) is 12.7. The summed E-state index contributed by atoms with van der Waals surface area (Å²) in [5.74, 6) is -0.154. The largest absolute Gasteiger partial charge is 0.490 e. The summed E-state index contributed by atoms with van der Waals surface area (Å²) >= 11 is 0. The molecule has 2 heterocycles. The van der Waals surface area contributed by atoms with Gasteiger partial charge in [0.15, 0.2) is 0 Å². The van der Waals surface area contributed by atoms with E-state index in [2.05, 4.69) is 20.5 Å². The fourth-order valence-corrected chi connectivity index (χ4v) is 5.67. The molecule has 3 amide bonds. The van der Waals surface area contributed by atoms with Gasteiger partial charge in [-0.1, -0.05) is 6.92 Å². The minimum absolute atomic E-state index is 0.111. The van der Waals surface area contributed by atoms with Crippen LogP contribution in [0.25, 0.3) is 0 Å². The third-order valence-corrected chi connectivity index (χ3v) is 8.47. The summed E-state index contributed by atoms with van der Waals surface area (Å²) in [6.45, 7) is 7.63. The number of amides is 3. The Labute approximate surface area is 285 Å². The lowest BCUT2D eigenvalue weighted by molar-refractivity contribution is -0.137. The molecule has 266 valence electrons. The molecule has 3 aromatic rings. The standard InChI is InChI=1S/C36H46F3N5O5/c1-24-20-44(25(2)23-45)34(46)31-19-30(42-35(47)41-29-10-8-28(9-11-29)36(37,38)39)12-13-32(31)49-26(3)7-5-6-18-48-33(24)22-43(4)21-27-14-16-40-17-15-27/h8-17,19,24-26,33,45H,5-7,18,20-23H2,1-4H3,(H2,41,42,47)/t24-,25+,26-,33+/m1/s1. The highest BCUT2D eigenvalue weighted by Gasteiger charge is 2.31. The van der Waals surface area contributed by atoms with Gasteiger partial charge < -0.3 is 30.1 Å². The molecular formula is C36H46F3N5O5. The fourth-order valence-electron chi connectivity index (χ4n) is 5.67. The average Bonchev–Trinajstić information content (AvgIpc) is 3.06. The Morgan fingerprint density at radius 2 is 1.73 bits per heavy atom. The summed E-state index contributed by atoms with van der Waals surface area (Å²) in [4.78, 5) is 35.0. The molecule has 0 bridgehead atoms. The van der Waals surface area contributed by atoms with Crippen molar-refractivity contribution in [3.63, 3.8) is 0 Å². The maximum absolute atomic E-state index is 14.3. The first-order chi connectivity index (χ1) is 23.3. The summed E-state index contributed by atoms with van der Waals surface area (Å²) in [7, 11) is 2.03. The van der Waals surface area contributed by atoms with Gasteiger partial charge in [-0.15, -0.1) is 0 Å². The van der Waals surface area contributed by atoms with Crippen LogP contribution in [0.4, 0.5) is 29.3 Å². The lowest BCUT2D eigenvalue weighted by Gasteiger charge is -2.36.